The molecule has 0 radical (unpaired) electrons. The van der Waals surface area contributed by atoms with Crippen LogP contribution in [-0.4, -0.2) is 77.8 Å². The Labute approximate surface area is 197 Å². The first-order valence-corrected chi connectivity index (χ1v) is 11.4. The second-order valence-electron chi connectivity index (χ2n) is 9.75. The highest BCUT2D eigenvalue weighted by atomic mass is 16.6. The predicted molar refractivity (Wildman–Crippen MR) is 121 cm³/mol. The van der Waals surface area contributed by atoms with E-state index in [4.69, 9.17) is 9.47 Å². The Morgan fingerprint density at radius 2 is 2.03 bits per heavy atom. The van der Waals surface area contributed by atoms with E-state index in [0.29, 0.717) is 44.0 Å². The second-order valence-corrected chi connectivity index (χ2v) is 9.75. The molecule has 3 amide bonds. The summed E-state index contributed by atoms with van der Waals surface area (Å²) in [5.41, 5.74) is 0.769. The minimum absolute atomic E-state index is 0.0874. The molecular weight excluding hydrogens is 444 g/mol. The number of anilines is 1. The van der Waals surface area contributed by atoms with Crippen molar-refractivity contribution in [3.8, 4) is 5.75 Å². The molecule has 11 heteroatoms. The third kappa shape index (κ3) is 5.09. The predicted octanol–water partition coefficient (Wildman–Crippen LogP) is 1.10. The third-order valence-electron chi connectivity index (χ3n) is 6.07. The van der Waals surface area contributed by atoms with Gasteiger partial charge in [0.1, 0.15) is 18.0 Å². The van der Waals surface area contributed by atoms with Crippen molar-refractivity contribution >= 4 is 29.6 Å². The maximum atomic E-state index is 12.5. The molecule has 3 aliphatic heterocycles. The number of carbonyl (C=O) groups is 4. The van der Waals surface area contributed by atoms with Crippen molar-refractivity contribution in [1.82, 2.24) is 15.5 Å². The van der Waals surface area contributed by atoms with Gasteiger partial charge >= 0.3 is 12.1 Å². The second kappa shape index (κ2) is 9.13. The summed E-state index contributed by atoms with van der Waals surface area (Å²) >= 11 is 0. The van der Waals surface area contributed by atoms with Gasteiger partial charge in [-0.25, -0.2) is 9.59 Å². The summed E-state index contributed by atoms with van der Waals surface area (Å²) in [5, 5.41) is 15.1. The number of ether oxygens (including phenoxy) is 2. The molecule has 0 aliphatic carbocycles. The van der Waals surface area contributed by atoms with Gasteiger partial charge in [0.25, 0.3) is 0 Å². The first kappa shape index (κ1) is 23.8. The molecule has 184 valence electrons. The Bertz CT molecular complexity index is 1020. The van der Waals surface area contributed by atoms with Gasteiger partial charge in [-0.1, -0.05) is 0 Å². The number of carboxylic acids is 1. The van der Waals surface area contributed by atoms with Gasteiger partial charge in [0.2, 0.25) is 11.8 Å². The summed E-state index contributed by atoms with van der Waals surface area (Å²) in [5.74, 6) is -1.34. The summed E-state index contributed by atoms with van der Waals surface area (Å²) in [6, 6.07) is 2.61. The van der Waals surface area contributed by atoms with Gasteiger partial charge in [-0.3, -0.25) is 14.9 Å². The Kier molecular flexibility index (Phi) is 6.39. The molecule has 1 aromatic carbocycles. The van der Waals surface area contributed by atoms with Crippen molar-refractivity contribution in [3.63, 3.8) is 0 Å². The summed E-state index contributed by atoms with van der Waals surface area (Å²) in [4.78, 5) is 51.6. The number of hydrogen-bond donors (Lipinski definition) is 3. The zero-order chi connectivity index (χ0) is 24.6. The van der Waals surface area contributed by atoms with E-state index < -0.39 is 23.5 Å². The summed E-state index contributed by atoms with van der Waals surface area (Å²) in [6.45, 7) is 7.38. The molecule has 0 spiro atoms. The molecule has 2 atom stereocenters. The number of rotatable bonds is 4. The molecule has 2 saturated heterocycles. The highest BCUT2D eigenvalue weighted by Crippen LogP contribution is 2.38. The van der Waals surface area contributed by atoms with Crippen molar-refractivity contribution < 1.29 is 33.8 Å². The van der Waals surface area contributed by atoms with Crippen LogP contribution in [0.4, 0.5) is 10.5 Å². The van der Waals surface area contributed by atoms with Gasteiger partial charge in [-0.15, -0.1) is 0 Å². The fraction of sp³-hybridized carbons (Fsp3) is 0.565. The quantitative estimate of drug-likeness (QED) is 0.548. The van der Waals surface area contributed by atoms with E-state index >= 15 is 0 Å². The van der Waals surface area contributed by atoms with Crippen LogP contribution in [0.2, 0.25) is 0 Å². The zero-order valence-electron chi connectivity index (χ0n) is 19.6. The summed E-state index contributed by atoms with van der Waals surface area (Å²) in [6.07, 6.45) is 0.223. The Morgan fingerprint density at radius 3 is 2.71 bits per heavy atom. The van der Waals surface area contributed by atoms with Gasteiger partial charge < -0.3 is 29.7 Å². The number of hydrogen-bond acceptors (Lipinski definition) is 8. The van der Waals surface area contributed by atoms with Crippen LogP contribution in [0.15, 0.2) is 12.1 Å². The van der Waals surface area contributed by atoms with E-state index in [0.717, 1.165) is 5.69 Å². The number of piperidine rings is 1. The topological polar surface area (TPSA) is 138 Å². The Hall–Kier alpha value is -3.34. The number of carbonyl (C=O) groups excluding carboxylic acids is 3. The van der Waals surface area contributed by atoms with E-state index in [9.17, 15) is 24.3 Å². The molecule has 0 bridgehead atoms. The summed E-state index contributed by atoms with van der Waals surface area (Å²) < 4.78 is 11.4. The molecular formula is C23H30N4O7. The SMILES string of the molecule is CC(C)(C)OC(=O)N1CCN2c3cc(CNC4CCC(=O)NC4=O)c(C(=O)O)cc3OCC2C1. The Balaban J connectivity index is 1.51. The molecule has 3 aliphatic rings. The third-order valence-corrected chi connectivity index (χ3v) is 6.07. The largest absolute Gasteiger partial charge is 0.489 e. The van der Waals surface area contributed by atoms with Crippen molar-refractivity contribution in [2.45, 2.75) is 57.8 Å². The lowest BCUT2D eigenvalue weighted by Crippen LogP contribution is -2.59. The lowest BCUT2D eigenvalue weighted by atomic mass is 10.0. The number of fused-ring (bicyclic) bond motifs is 3. The molecule has 0 aromatic heterocycles. The minimum atomic E-state index is -1.09. The fourth-order valence-electron chi connectivity index (χ4n) is 4.41. The first-order chi connectivity index (χ1) is 16.0. The van der Waals surface area contributed by atoms with E-state index in [1.165, 1.54) is 6.07 Å². The van der Waals surface area contributed by atoms with Crippen LogP contribution in [0, 0.1) is 0 Å². The van der Waals surface area contributed by atoms with Crippen LogP contribution in [0.1, 0.15) is 49.5 Å². The maximum absolute atomic E-state index is 12.5. The van der Waals surface area contributed by atoms with E-state index in [1.807, 2.05) is 20.8 Å². The highest BCUT2D eigenvalue weighted by molar-refractivity contribution is 6.00. The number of imide groups is 1. The van der Waals surface area contributed by atoms with E-state index in [-0.39, 0.29) is 36.6 Å². The molecule has 2 unspecified atom stereocenters. The van der Waals surface area contributed by atoms with Gasteiger partial charge in [0.15, 0.2) is 0 Å². The van der Waals surface area contributed by atoms with E-state index in [1.54, 1.807) is 11.0 Å². The Morgan fingerprint density at radius 1 is 1.26 bits per heavy atom. The molecule has 11 nitrogen and oxygen atoms in total. The average Bonchev–Trinajstić information content (AvgIpc) is 2.76. The number of benzene rings is 1. The van der Waals surface area contributed by atoms with E-state index in [2.05, 4.69) is 15.5 Å². The molecule has 2 fully saturated rings. The molecule has 3 N–H and O–H groups in total. The minimum Gasteiger partial charge on any atom is -0.489 e. The van der Waals surface area contributed by atoms with Crippen LogP contribution >= 0.6 is 0 Å². The molecule has 4 rings (SSSR count). The first-order valence-electron chi connectivity index (χ1n) is 11.4. The molecule has 0 saturated carbocycles. The average molecular weight is 475 g/mol. The maximum Gasteiger partial charge on any atom is 0.410 e. The lowest BCUT2D eigenvalue weighted by molar-refractivity contribution is -0.134. The smallest absolute Gasteiger partial charge is 0.410 e. The number of nitrogens with zero attached hydrogens (tertiary/aromatic N) is 2. The van der Waals surface area contributed by atoms with Gasteiger partial charge in [0.05, 0.1) is 23.3 Å². The highest BCUT2D eigenvalue weighted by Gasteiger charge is 2.37. The van der Waals surface area contributed by atoms with Crippen LogP contribution < -0.4 is 20.3 Å². The molecule has 3 heterocycles. The molecule has 1 aromatic rings. The van der Waals surface area contributed by atoms with Crippen LogP contribution in [-0.2, 0) is 20.9 Å². The normalized spacial score (nSPS) is 22.3. The fourth-order valence-corrected chi connectivity index (χ4v) is 4.41. The zero-order valence-corrected chi connectivity index (χ0v) is 19.6. The lowest BCUT2D eigenvalue weighted by Gasteiger charge is -2.45. The van der Waals surface area contributed by atoms with Gasteiger partial charge in [0, 0.05) is 32.6 Å². The number of nitrogens with one attached hydrogen (secondary N) is 2. The van der Waals surface area contributed by atoms with Crippen molar-refractivity contribution in [1.29, 1.82) is 0 Å². The number of piperazine rings is 1. The summed E-state index contributed by atoms with van der Waals surface area (Å²) in [7, 11) is 0. The number of carboxylic acid groups (broad SMARTS) is 1. The van der Waals surface area contributed by atoms with Crippen molar-refractivity contribution in [2.24, 2.45) is 0 Å². The number of aromatic carboxylic acids is 1. The van der Waals surface area contributed by atoms with Gasteiger partial charge in [-0.2, -0.15) is 0 Å². The van der Waals surface area contributed by atoms with Crippen LogP contribution in [0.25, 0.3) is 0 Å². The monoisotopic (exact) mass is 474 g/mol. The number of amides is 3. The molecule has 34 heavy (non-hydrogen) atoms. The van der Waals surface area contributed by atoms with Crippen molar-refractivity contribution in [3.05, 3.63) is 23.3 Å². The van der Waals surface area contributed by atoms with Crippen LogP contribution in [0.5, 0.6) is 5.75 Å². The van der Waals surface area contributed by atoms with Crippen LogP contribution in [0.3, 0.4) is 0 Å². The van der Waals surface area contributed by atoms with Crippen molar-refractivity contribution in [2.75, 3.05) is 31.1 Å². The standard InChI is InChI=1S/C23H30N4O7/c1-23(2,3)34-22(32)26-6-7-27-14(11-26)12-33-18-9-15(21(30)31)13(8-17(18)27)10-24-16-4-5-19(28)25-20(16)29/h8-9,14,16,24H,4-7,10-12H2,1-3H3,(H,30,31)(H,25,28,29). The van der Waals surface area contributed by atoms with Gasteiger partial charge in [-0.05, 0) is 44.9 Å².